The highest BCUT2D eigenvalue weighted by molar-refractivity contribution is 7.07. The fourth-order valence-electron chi connectivity index (χ4n) is 4.70. The van der Waals surface area contributed by atoms with Crippen LogP contribution < -0.4 is 24.4 Å². The Labute approximate surface area is 239 Å². The number of esters is 1. The van der Waals surface area contributed by atoms with Crippen LogP contribution in [0.5, 0.6) is 11.5 Å². The van der Waals surface area contributed by atoms with Crippen LogP contribution in [0.3, 0.4) is 0 Å². The molecule has 206 valence electrons. The van der Waals surface area contributed by atoms with Crippen molar-refractivity contribution in [2.24, 2.45) is 4.99 Å². The Hall–Kier alpha value is -4.08. The minimum atomic E-state index is -0.844. The number of aromatic nitrogens is 1. The van der Waals surface area contributed by atoms with E-state index in [1.165, 1.54) is 23.0 Å². The zero-order valence-electron chi connectivity index (χ0n) is 22.6. The Morgan fingerprint density at radius 3 is 2.65 bits per heavy atom. The standard InChI is InChI=1S/C30H27ClN2O6S/c1-6-38-29(35)26-17(3)32-30-33(27(26)22-14-19(36-4)9-11-23(22)37-5)28(34)25(40-30)15-20-10-12-24(39-20)21-13-18(31)8-7-16(21)2/h7-15,27H,6H2,1-5H3/b25-15-/t27-/m0/s1. The van der Waals surface area contributed by atoms with Crippen LogP contribution in [0.1, 0.15) is 36.8 Å². The third-order valence-electron chi connectivity index (χ3n) is 6.61. The maximum absolute atomic E-state index is 13.9. The van der Waals surface area contributed by atoms with Crippen molar-refractivity contribution in [3.8, 4) is 22.8 Å². The zero-order valence-corrected chi connectivity index (χ0v) is 24.2. The van der Waals surface area contributed by atoms with E-state index >= 15 is 0 Å². The number of allylic oxidation sites excluding steroid dienone is 1. The summed E-state index contributed by atoms with van der Waals surface area (Å²) in [4.78, 5) is 32.2. The first-order chi connectivity index (χ1) is 19.2. The number of hydrogen-bond acceptors (Lipinski definition) is 8. The first-order valence-corrected chi connectivity index (χ1v) is 13.7. The molecule has 0 amide bonds. The molecule has 8 nitrogen and oxygen atoms in total. The quantitative estimate of drug-likeness (QED) is 0.285. The Kier molecular flexibility index (Phi) is 7.69. The molecule has 0 aliphatic carbocycles. The highest BCUT2D eigenvalue weighted by Crippen LogP contribution is 2.38. The fraction of sp³-hybridized carbons (Fsp3) is 0.233. The van der Waals surface area contributed by atoms with Gasteiger partial charge in [0.25, 0.3) is 5.56 Å². The van der Waals surface area contributed by atoms with Gasteiger partial charge in [0.15, 0.2) is 4.80 Å². The second-order valence-electron chi connectivity index (χ2n) is 9.07. The summed E-state index contributed by atoms with van der Waals surface area (Å²) in [7, 11) is 3.08. The third-order valence-corrected chi connectivity index (χ3v) is 7.83. The predicted octanol–water partition coefficient (Wildman–Crippen LogP) is 5.04. The summed E-state index contributed by atoms with van der Waals surface area (Å²) >= 11 is 7.41. The highest BCUT2D eigenvalue weighted by atomic mass is 35.5. The smallest absolute Gasteiger partial charge is 0.338 e. The molecular formula is C30H27ClN2O6S. The van der Waals surface area contributed by atoms with Crippen LogP contribution in [-0.4, -0.2) is 31.4 Å². The van der Waals surface area contributed by atoms with Crippen LogP contribution in [0.25, 0.3) is 17.4 Å². The van der Waals surface area contributed by atoms with Crippen molar-refractivity contribution in [3.05, 3.63) is 101 Å². The second-order valence-corrected chi connectivity index (χ2v) is 10.5. The van der Waals surface area contributed by atoms with E-state index in [-0.39, 0.29) is 17.7 Å². The number of benzene rings is 2. The number of aryl methyl sites for hydroxylation is 1. The minimum absolute atomic E-state index is 0.176. The van der Waals surface area contributed by atoms with Crippen molar-refractivity contribution in [1.29, 1.82) is 0 Å². The number of methoxy groups -OCH3 is 2. The maximum atomic E-state index is 13.9. The molecule has 2 aromatic heterocycles. The third kappa shape index (κ3) is 4.98. The van der Waals surface area contributed by atoms with Crippen molar-refractivity contribution in [2.45, 2.75) is 26.8 Å². The average molecular weight is 579 g/mol. The Morgan fingerprint density at radius 1 is 1.12 bits per heavy atom. The van der Waals surface area contributed by atoms with E-state index in [0.717, 1.165) is 11.1 Å². The number of halogens is 1. The van der Waals surface area contributed by atoms with Crippen molar-refractivity contribution >= 4 is 35.0 Å². The molecule has 2 aromatic carbocycles. The van der Waals surface area contributed by atoms with E-state index < -0.39 is 12.0 Å². The van der Waals surface area contributed by atoms with Crippen LogP contribution in [0.2, 0.25) is 5.02 Å². The largest absolute Gasteiger partial charge is 0.497 e. The van der Waals surface area contributed by atoms with Crippen LogP contribution in [0.15, 0.2) is 74.0 Å². The highest BCUT2D eigenvalue weighted by Gasteiger charge is 2.35. The lowest BCUT2D eigenvalue weighted by molar-refractivity contribution is -0.139. The Morgan fingerprint density at radius 2 is 1.93 bits per heavy atom. The number of ether oxygens (including phenoxy) is 3. The molecule has 10 heteroatoms. The van der Waals surface area contributed by atoms with Gasteiger partial charge in [-0.05, 0) is 68.8 Å². The fourth-order valence-corrected chi connectivity index (χ4v) is 5.90. The van der Waals surface area contributed by atoms with E-state index in [4.69, 9.17) is 30.2 Å². The van der Waals surface area contributed by atoms with Gasteiger partial charge in [-0.3, -0.25) is 9.36 Å². The van der Waals surface area contributed by atoms with Crippen molar-refractivity contribution in [2.75, 3.05) is 20.8 Å². The molecule has 5 rings (SSSR count). The minimum Gasteiger partial charge on any atom is -0.497 e. The molecule has 0 fully saturated rings. The normalized spacial score (nSPS) is 15.1. The van der Waals surface area contributed by atoms with Gasteiger partial charge in [0.05, 0.1) is 36.6 Å². The number of rotatable bonds is 7. The molecule has 0 unspecified atom stereocenters. The molecule has 3 heterocycles. The number of carbonyl (C=O) groups excluding carboxylic acids is 1. The molecule has 0 radical (unpaired) electrons. The summed E-state index contributed by atoms with van der Waals surface area (Å²) in [5, 5.41) is 0.604. The topological polar surface area (TPSA) is 92.3 Å². The number of fused-ring (bicyclic) bond motifs is 1. The van der Waals surface area contributed by atoms with E-state index in [2.05, 4.69) is 4.99 Å². The number of thiazole rings is 1. The lowest BCUT2D eigenvalue weighted by atomic mass is 9.95. The van der Waals surface area contributed by atoms with Gasteiger partial charge in [-0.2, -0.15) is 0 Å². The van der Waals surface area contributed by atoms with Gasteiger partial charge in [0, 0.05) is 22.2 Å². The van der Waals surface area contributed by atoms with E-state index in [1.807, 2.05) is 31.2 Å². The Balaban J connectivity index is 1.69. The summed E-state index contributed by atoms with van der Waals surface area (Å²) in [5.74, 6) is 1.62. The van der Waals surface area contributed by atoms with Crippen molar-refractivity contribution in [1.82, 2.24) is 4.57 Å². The molecule has 40 heavy (non-hydrogen) atoms. The summed E-state index contributed by atoms with van der Waals surface area (Å²) in [6.45, 7) is 5.61. The Bertz CT molecular complexity index is 1830. The van der Waals surface area contributed by atoms with Crippen molar-refractivity contribution < 1.29 is 23.4 Å². The van der Waals surface area contributed by atoms with Gasteiger partial charge in [0.1, 0.15) is 29.1 Å². The molecule has 1 aliphatic rings. The van der Waals surface area contributed by atoms with Gasteiger partial charge in [-0.15, -0.1) is 0 Å². The van der Waals surface area contributed by atoms with Crippen LogP contribution in [0.4, 0.5) is 0 Å². The zero-order chi connectivity index (χ0) is 28.6. The summed E-state index contributed by atoms with van der Waals surface area (Å²) in [5.41, 5.74) is 2.84. The molecule has 1 atom stereocenters. The summed E-state index contributed by atoms with van der Waals surface area (Å²) in [6, 6.07) is 13.6. The SMILES string of the molecule is CCOC(=O)C1=C(C)N=c2s/c(=C\c3ccc(-c4cc(Cl)ccc4C)o3)c(=O)n2[C@H]1c1cc(OC)ccc1OC. The van der Waals surface area contributed by atoms with Gasteiger partial charge in [-0.25, -0.2) is 9.79 Å². The van der Waals surface area contributed by atoms with Gasteiger partial charge >= 0.3 is 5.97 Å². The molecule has 1 aliphatic heterocycles. The molecule has 0 saturated heterocycles. The molecular weight excluding hydrogens is 552 g/mol. The predicted molar refractivity (Wildman–Crippen MR) is 154 cm³/mol. The number of hydrogen-bond donors (Lipinski definition) is 0. The molecule has 4 aromatic rings. The molecule has 0 N–H and O–H groups in total. The number of nitrogens with zero attached hydrogens (tertiary/aromatic N) is 2. The van der Waals surface area contributed by atoms with Crippen molar-refractivity contribution in [3.63, 3.8) is 0 Å². The lowest BCUT2D eigenvalue weighted by Gasteiger charge is -2.26. The van der Waals surface area contributed by atoms with E-state index in [1.54, 1.807) is 51.3 Å². The second kappa shape index (κ2) is 11.2. The average Bonchev–Trinajstić information content (AvgIpc) is 3.53. The lowest BCUT2D eigenvalue weighted by Crippen LogP contribution is -2.40. The summed E-state index contributed by atoms with van der Waals surface area (Å²) < 4.78 is 24.4. The van der Waals surface area contributed by atoms with Crippen LogP contribution >= 0.6 is 22.9 Å². The molecule has 0 spiro atoms. The first kappa shape index (κ1) is 27.5. The monoisotopic (exact) mass is 578 g/mol. The van der Waals surface area contributed by atoms with Gasteiger partial charge in [0.2, 0.25) is 0 Å². The van der Waals surface area contributed by atoms with E-state index in [9.17, 15) is 9.59 Å². The van der Waals surface area contributed by atoms with Crippen LogP contribution in [0, 0.1) is 6.92 Å². The number of furan rings is 1. The molecule has 0 saturated carbocycles. The summed E-state index contributed by atoms with van der Waals surface area (Å²) in [6.07, 6.45) is 1.68. The number of carbonyl (C=O) groups is 1. The van der Waals surface area contributed by atoms with Gasteiger partial charge in [-0.1, -0.05) is 29.0 Å². The maximum Gasteiger partial charge on any atom is 0.338 e. The van der Waals surface area contributed by atoms with E-state index in [0.29, 0.717) is 48.6 Å². The molecule has 0 bridgehead atoms. The van der Waals surface area contributed by atoms with Gasteiger partial charge < -0.3 is 18.6 Å². The van der Waals surface area contributed by atoms with Crippen LogP contribution in [-0.2, 0) is 9.53 Å². The first-order valence-electron chi connectivity index (χ1n) is 12.5.